The summed E-state index contributed by atoms with van der Waals surface area (Å²) in [4.78, 5) is 12.7. The number of carbonyl (C=O) groups excluding carboxylic acids is 1. The molecule has 0 atom stereocenters. The summed E-state index contributed by atoms with van der Waals surface area (Å²) in [5.74, 6) is -0.355. The average Bonchev–Trinajstić information content (AvgIpc) is 2.05. The molecule has 2 N–H and O–H groups in total. The lowest BCUT2D eigenvalue weighted by Crippen LogP contribution is -2.29. The van der Waals surface area contributed by atoms with Crippen molar-refractivity contribution in [1.82, 2.24) is 4.90 Å². The SMILES string of the molecule is NC(=O)C=CCN1CCCCC1. The summed E-state index contributed by atoms with van der Waals surface area (Å²) in [5, 5.41) is 0. The molecule has 1 rings (SSSR count). The molecule has 1 aliphatic rings. The van der Waals surface area contributed by atoms with E-state index < -0.39 is 0 Å². The number of carbonyl (C=O) groups is 1. The van der Waals surface area contributed by atoms with Gasteiger partial charge in [-0.2, -0.15) is 0 Å². The van der Waals surface area contributed by atoms with Crippen LogP contribution in [0.5, 0.6) is 0 Å². The van der Waals surface area contributed by atoms with Crippen LogP contribution in [0.25, 0.3) is 0 Å². The predicted octanol–water partition coefficient (Wildman–Crippen LogP) is 0.514. The van der Waals surface area contributed by atoms with E-state index in [2.05, 4.69) is 4.90 Å². The van der Waals surface area contributed by atoms with Gasteiger partial charge in [0.05, 0.1) is 0 Å². The Morgan fingerprint density at radius 1 is 1.33 bits per heavy atom. The van der Waals surface area contributed by atoms with Crippen LogP contribution in [-0.2, 0) is 4.79 Å². The molecule has 0 aliphatic carbocycles. The molecule has 0 unspecified atom stereocenters. The number of amides is 1. The van der Waals surface area contributed by atoms with E-state index in [0.717, 1.165) is 19.6 Å². The second-order valence-corrected chi connectivity index (χ2v) is 3.17. The highest BCUT2D eigenvalue weighted by Crippen LogP contribution is 2.07. The molecule has 1 fully saturated rings. The average molecular weight is 168 g/mol. The molecule has 0 saturated carbocycles. The van der Waals surface area contributed by atoms with E-state index in [0.29, 0.717) is 0 Å². The van der Waals surface area contributed by atoms with Crippen LogP contribution in [0.15, 0.2) is 12.2 Å². The molecule has 0 radical (unpaired) electrons. The fraction of sp³-hybridized carbons (Fsp3) is 0.667. The molecule has 0 aromatic carbocycles. The first kappa shape index (κ1) is 9.26. The van der Waals surface area contributed by atoms with Gasteiger partial charge in [-0.1, -0.05) is 12.5 Å². The van der Waals surface area contributed by atoms with Gasteiger partial charge >= 0.3 is 0 Å². The molecular formula is C9H16N2O. The fourth-order valence-corrected chi connectivity index (χ4v) is 1.46. The Morgan fingerprint density at radius 3 is 2.58 bits per heavy atom. The molecule has 1 aliphatic heterocycles. The van der Waals surface area contributed by atoms with Crippen molar-refractivity contribution in [3.63, 3.8) is 0 Å². The van der Waals surface area contributed by atoms with Crippen LogP contribution >= 0.6 is 0 Å². The maximum Gasteiger partial charge on any atom is 0.241 e. The quantitative estimate of drug-likeness (QED) is 0.624. The van der Waals surface area contributed by atoms with Gasteiger partial charge < -0.3 is 5.73 Å². The Bertz CT molecular complexity index is 171. The number of nitrogens with zero attached hydrogens (tertiary/aromatic N) is 1. The highest BCUT2D eigenvalue weighted by Gasteiger charge is 2.07. The first-order valence-electron chi connectivity index (χ1n) is 4.47. The molecular weight excluding hydrogens is 152 g/mol. The normalized spacial score (nSPS) is 20.0. The van der Waals surface area contributed by atoms with Crippen LogP contribution in [0, 0.1) is 0 Å². The maximum atomic E-state index is 10.4. The molecule has 0 aromatic rings. The van der Waals surface area contributed by atoms with E-state index in [9.17, 15) is 4.79 Å². The summed E-state index contributed by atoms with van der Waals surface area (Å²) in [7, 11) is 0. The lowest BCUT2D eigenvalue weighted by Gasteiger charge is -2.24. The van der Waals surface area contributed by atoms with Gasteiger partial charge in [0, 0.05) is 6.54 Å². The molecule has 0 spiro atoms. The molecule has 3 nitrogen and oxygen atoms in total. The molecule has 0 bridgehead atoms. The molecule has 68 valence electrons. The molecule has 12 heavy (non-hydrogen) atoms. The van der Waals surface area contributed by atoms with E-state index in [1.807, 2.05) is 6.08 Å². The minimum Gasteiger partial charge on any atom is -0.366 e. The zero-order valence-electron chi connectivity index (χ0n) is 7.33. The van der Waals surface area contributed by atoms with Crippen molar-refractivity contribution in [2.75, 3.05) is 19.6 Å². The summed E-state index contributed by atoms with van der Waals surface area (Å²) >= 11 is 0. The molecule has 1 saturated heterocycles. The van der Waals surface area contributed by atoms with Crippen molar-refractivity contribution in [2.24, 2.45) is 5.73 Å². The summed E-state index contributed by atoms with van der Waals surface area (Å²) in [6.07, 6.45) is 7.19. The molecule has 1 amide bonds. The highest BCUT2D eigenvalue weighted by atomic mass is 16.1. The van der Waals surface area contributed by atoms with Crippen molar-refractivity contribution in [2.45, 2.75) is 19.3 Å². The maximum absolute atomic E-state index is 10.4. The Hall–Kier alpha value is -0.830. The minimum atomic E-state index is -0.355. The standard InChI is InChI=1S/C9H16N2O/c10-9(12)5-4-8-11-6-2-1-3-7-11/h4-5H,1-3,6-8H2,(H2,10,12). The van der Waals surface area contributed by atoms with Gasteiger partial charge in [0.1, 0.15) is 0 Å². The highest BCUT2D eigenvalue weighted by molar-refractivity contribution is 5.85. The summed E-state index contributed by atoms with van der Waals surface area (Å²) < 4.78 is 0. The van der Waals surface area contributed by atoms with Gasteiger partial charge in [0.15, 0.2) is 0 Å². The predicted molar refractivity (Wildman–Crippen MR) is 48.6 cm³/mol. The smallest absolute Gasteiger partial charge is 0.241 e. The van der Waals surface area contributed by atoms with Crippen LogP contribution in [0.3, 0.4) is 0 Å². The monoisotopic (exact) mass is 168 g/mol. The Balaban J connectivity index is 2.17. The Kier molecular flexibility index (Phi) is 3.80. The third kappa shape index (κ3) is 3.53. The first-order chi connectivity index (χ1) is 5.79. The summed E-state index contributed by atoms with van der Waals surface area (Å²) in [6, 6.07) is 0. The Labute approximate surface area is 73.2 Å². The van der Waals surface area contributed by atoms with E-state index >= 15 is 0 Å². The number of primary amides is 1. The van der Waals surface area contributed by atoms with Gasteiger partial charge in [0.2, 0.25) is 5.91 Å². The first-order valence-corrected chi connectivity index (χ1v) is 4.47. The third-order valence-electron chi connectivity index (χ3n) is 2.09. The number of piperidine rings is 1. The molecule has 0 aromatic heterocycles. The topological polar surface area (TPSA) is 46.3 Å². The number of hydrogen-bond donors (Lipinski definition) is 1. The Morgan fingerprint density at radius 2 is 2.00 bits per heavy atom. The fourth-order valence-electron chi connectivity index (χ4n) is 1.46. The van der Waals surface area contributed by atoms with Crippen LogP contribution < -0.4 is 5.73 Å². The summed E-state index contributed by atoms with van der Waals surface area (Å²) in [5.41, 5.74) is 4.96. The van der Waals surface area contributed by atoms with Crippen molar-refractivity contribution < 1.29 is 4.79 Å². The second kappa shape index (κ2) is 4.93. The third-order valence-corrected chi connectivity index (χ3v) is 2.09. The van der Waals surface area contributed by atoms with Crippen LogP contribution in [0.1, 0.15) is 19.3 Å². The van der Waals surface area contributed by atoms with Crippen LogP contribution in [0.4, 0.5) is 0 Å². The number of rotatable bonds is 3. The van der Waals surface area contributed by atoms with Crippen molar-refractivity contribution in [3.8, 4) is 0 Å². The zero-order valence-corrected chi connectivity index (χ0v) is 7.33. The van der Waals surface area contributed by atoms with Crippen molar-refractivity contribution >= 4 is 5.91 Å². The van der Waals surface area contributed by atoms with Gasteiger partial charge in [-0.05, 0) is 32.0 Å². The molecule has 1 heterocycles. The van der Waals surface area contributed by atoms with E-state index in [1.54, 1.807) is 0 Å². The zero-order chi connectivity index (χ0) is 8.81. The van der Waals surface area contributed by atoms with E-state index in [1.165, 1.54) is 25.3 Å². The number of hydrogen-bond acceptors (Lipinski definition) is 2. The van der Waals surface area contributed by atoms with E-state index in [-0.39, 0.29) is 5.91 Å². The van der Waals surface area contributed by atoms with Crippen molar-refractivity contribution in [3.05, 3.63) is 12.2 Å². The molecule has 3 heteroatoms. The lowest BCUT2D eigenvalue weighted by atomic mass is 10.1. The van der Waals surface area contributed by atoms with Gasteiger partial charge in [-0.15, -0.1) is 0 Å². The minimum absolute atomic E-state index is 0.355. The van der Waals surface area contributed by atoms with Gasteiger partial charge in [-0.25, -0.2) is 0 Å². The summed E-state index contributed by atoms with van der Waals surface area (Å²) in [6.45, 7) is 3.18. The van der Waals surface area contributed by atoms with Crippen LogP contribution in [0.2, 0.25) is 0 Å². The van der Waals surface area contributed by atoms with Gasteiger partial charge in [0.25, 0.3) is 0 Å². The number of likely N-dealkylation sites (tertiary alicyclic amines) is 1. The largest absolute Gasteiger partial charge is 0.366 e. The van der Waals surface area contributed by atoms with Crippen LogP contribution in [-0.4, -0.2) is 30.4 Å². The van der Waals surface area contributed by atoms with E-state index in [4.69, 9.17) is 5.73 Å². The lowest BCUT2D eigenvalue weighted by molar-refractivity contribution is -0.113. The number of nitrogens with two attached hydrogens (primary N) is 1. The second-order valence-electron chi connectivity index (χ2n) is 3.17. The van der Waals surface area contributed by atoms with Gasteiger partial charge in [-0.3, -0.25) is 9.69 Å². The van der Waals surface area contributed by atoms with Crippen molar-refractivity contribution in [1.29, 1.82) is 0 Å².